The molecule has 6 N–H and O–H groups in total. The summed E-state index contributed by atoms with van der Waals surface area (Å²) in [6.07, 6.45) is 13.6. The van der Waals surface area contributed by atoms with Crippen molar-refractivity contribution in [2.45, 2.75) is 68.2 Å². The van der Waals surface area contributed by atoms with Gasteiger partial charge in [-0.1, -0.05) is 68.2 Å². The molecule has 0 fully saturated rings. The zero-order valence-electron chi connectivity index (χ0n) is 24.4. The third-order valence-electron chi connectivity index (χ3n) is 3.44. The molecule has 0 bridgehead atoms. The third kappa shape index (κ3) is 21.1. The van der Waals surface area contributed by atoms with Gasteiger partial charge >= 0.3 is 63.2 Å². The number of nitrogens with zero attached hydrogens (tertiary/aromatic N) is 12. The number of hydrazone groups is 6. The van der Waals surface area contributed by atoms with Crippen molar-refractivity contribution in [2.24, 2.45) is 30.6 Å². The number of hydrogen-bond donors (Lipinski definition) is 6. The molecule has 0 saturated carbocycles. The minimum Gasteiger partial charge on any atom is -0.434 e. The Kier molecular flexibility index (Phi) is 36.1. The van der Waals surface area contributed by atoms with Gasteiger partial charge in [0, 0.05) is 0 Å². The van der Waals surface area contributed by atoms with Gasteiger partial charge in [0.1, 0.15) is 0 Å². The topological polar surface area (TPSA) is 166 Å². The zero-order valence-corrected chi connectivity index (χ0v) is 31.2. The Balaban J connectivity index is -0.000000224. The van der Waals surface area contributed by atoms with E-state index in [-0.39, 0.29) is 70.6 Å². The number of hydrogen-bond acceptors (Lipinski definition) is 18. The van der Waals surface area contributed by atoms with Crippen molar-refractivity contribution in [2.75, 3.05) is 0 Å². The van der Waals surface area contributed by atoms with Crippen LogP contribution in [0.1, 0.15) is 68.2 Å². The summed E-state index contributed by atoms with van der Waals surface area (Å²) < 4.78 is 0. The van der Waals surface area contributed by atoms with Gasteiger partial charge in [-0.15, -0.1) is 40.0 Å². The van der Waals surface area contributed by atoms with Crippen LogP contribution in [0.2, 0.25) is 0 Å². The molecule has 6 aliphatic heterocycles. The summed E-state index contributed by atoms with van der Waals surface area (Å²) in [7, 11) is 0. The van der Waals surface area contributed by atoms with Crippen LogP contribution in [0.5, 0.6) is 0 Å². The maximum Gasteiger partial charge on any atom is 2.00 e. The molecule has 0 aromatic heterocycles. The van der Waals surface area contributed by atoms with Crippen LogP contribution >= 0.6 is 0 Å². The van der Waals surface area contributed by atoms with Gasteiger partial charge in [-0.3, -0.25) is 0 Å². The molecule has 0 aromatic carbocycles. The molecule has 6 aliphatic rings. The Labute approximate surface area is 301 Å². The van der Waals surface area contributed by atoms with Gasteiger partial charge in [0.05, 0.1) is 38.0 Å². The predicted octanol–water partition coefficient (Wildman–Crippen LogP) is 1.39. The number of rotatable bonds is 3. The van der Waals surface area contributed by atoms with Gasteiger partial charge in [0.25, 0.3) is 0 Å². The molecule has 254 valence electrons. The summed E-state index contributed by atoms with van der Waals surface area (Å²) in [4.78, 5) is 0. The summed E-state index contributed by atoms with van der Waals surface area (Å²) in [5.41, 5.74) is 16.0. The quantitative estimate of drug-likeness (QED) is 0.226. The Bertz CT molecular complexity index is 625. The number of hydrazine groups is 3. The number of nitrogens with one attached hydrogen (secondary N) is 6. The second kappa shape index (κ2) is 32.6. The summed E-state index contributed by atoms with van der Waals surface area (Å²) >= 11 is 0. The van der Waals surface area contributed by atoms with Crippen molar-refractivity contribution in [1.29, 1.82) is 0 Å². The molecule has 21 heteroatoms. The fraction of sp³-hybridized carbons (Fsp3) is 0.455. The summed E-state index contributed by atoms with van der Waals surface area (Å²) in [6.45, 7) is 23.0. The average molecular weight is 1150 g/mol. The molecule has 0 atom stereocenters. The second-order valence-corrected chi connectivity index (χ2v) is 7.42. The first-order valence-electron chi connectivity index (χ1n) is 12.6. The van der Waals surface area contributed by atoms with Crippen LogP contribution in [0.3, 0.4) is 0 Å². The SMILES string of the molecule is C.C1=NN[CH-]N1N1C=NN[CH-]1.C1=NN[CH-]N1N1C=NN[CH-]1.C1=NN[CH-]N1N1C=NN[CH-]1.CCC.CCC.CCC.[Pt+2].[Pt+2].[Pt+2]. The van der Waals surface area contributed by atoms with Crippen molar-refractivity contribution in [3.8, 4) is 0 Å². The first-order chi connectivity index (χ1) is 19.1. The molecule has 0 aromatic rings. The smallest absolute Gasteiger partial charge is 0.434 e. The van der Waals surface area contributed by atoms with Gasteiger partial charge in [-0.25, -0.2) is 30.6 Å². The van der Waals surface area contributed by atoms with E-state index < -0.39 is 0 Å². The molecule has 0 saturated heterocycles. The van der Waals surface area contributed by atoms with Gasteiger partial charge in [0.2, 0.25) is 0 Å². The Morgan fingerprint density at radius 1 is 0.372 bits per heavy atom. The maximum absolute atomic E-state index is 3.75. The zero-order chi connectivity index (χ0) is 28.6. The van der Waals surface area contributed by atoms with Crippen molar-refractivity contribution >= 4 is 38.0 Å². The first-order valence-corrected chi connectivity index (χ1v) is 12.6. The predicted molar refractivity (Wildman–Crippen MR) is 161 cm³/mol. The molecule has 0 aliphatic carbocycles. The average Bonchev–Trinajstić information content (AvgIpc) is 3.81. The summed E-state index contributed by atoms with van der Waals surface area (Å²) in [5, 5.41) is 33.0. The van der Waals surface area contributed by atoms with E-state index in [2.05, 4.69) is 105 Å². The van der Waals surface area contributed by atoms with Crippen LogP contribution in [-0.4, -0.2) is 68.1 Å². The van der Waals surface area contributed by atoms with Crippen LogP contribution in [0.25, 0.3) is 0 Å². The molecule has 0 spiro atoms. The Morgan fingerprint density at radius 2 is 0.488 bits per heavy atom. The van der Waals surface area contributed by atoms with E-state index >= 15 is 0 Å². The fourth-order valence-electron chi connectivity index (χ4n) is 2.07. The third-order valence-corrected chi connectivity index (χ3v) is 3.44. The van der Waals surface area contributed by atoms with Crippen molar-refractivity contribution in [3.05, 3.63) is 40.0 Å². The Morgan fingerprint density at radius 3 is 0.558 bits per heavy atom. The minimum atomic E-state index is 0. The van der Waals surface area contributed by atoms with E-state index in [0.717, 1.165) is 0 Å². The second-order valence-electron chi connectivity index (χ2n) is 7.42. The Hall–Kier alpha value is -2.32. The first kappa shape index (κ1) is 47.6. The van der Waals surface area contributed by atoms with E-state index in [4.69, 9.17) is 0 Å². The largest absolute Gasteiger partial charge is 2.00 e. The van der Waals surface area contributed by atoms with Crippen LogP contribution in [0.15, 0.2) is 30.6 Å². The summed E-state index contributed by atoms with van der Waals surface area (Å²) in [6, 6.07) is 0. The van der Waals surface area contributed by atoms with Crippen LogP contribution in [-0.2, 0) is 63.2 Å². The monoisotopic (exact) mass is 1150 g/mol. The van der Waals surface area contributed by atoms with E-state index in [1.165, 1.54) is 19.3 Å². The van der Waals surface area contributed by atoms with E-state index in [9.17, 15) is 0 Å². The standard InChI is InChI=1S/3C4H6N6.3C3H8.CH4.3Pt/c3*1-5-6-2-9(1)10-3-7-8-4-10;3*1-3-2;;;;/h3*1-5,7H;3*3H2,1-2H3;1H4;;;/q3*-2;;;;;3*+2. The molecule has 6 rings (SSSR count). The minimum absolute atomic E-state index is 0. The van der Waals surface area contributed by atoms with Gasteiger partial charge < -0.3 is 62.6 Å². The van der Waals surface area contributed by atoms with Crippen molar-refractivity contribution in [1.82, 2.24) is 62.6 Å². The maximum atomic E-state index is 3.75. The molecular weight excluding hydrogens is 1100 g/mol. The fourth-order valence-corrected chi connectivity index (χ4v) is 2.07. The summed E-state index contributed by atoms with van der Waals surface area (Å²) in [5.74, 6) is 0. The van der Waals surface area contributed by atoms with Crippen molar-refractivity contribution < 1.29 is 63.2 Å². The van der Waals surface area contributed by atoms with Gasteiger partial charge in [0.15, 0.2) is 0 Å². The van der Waals surface area contributed by atoms with E-state index in [0.29, 0.717) is 0 Å². The molecule has 0 unspecified atom stereocenters. The van der Waals surface area contributed by atoms with Crippen LogP contribution < -0.4 is 32.6 Å². The molecular formula is C22H46N18Pt3. The molecule has 6 heterocycles. The van der Waals surface area contributed by atoms with E-state index in [1.54, 1.807) is 108 Å². The molecule has 43 heavy (non-hydrogen) atoms. The van der Waals surface area contributed by atoms with Gasteiger partial charge in [-0.05, 0) is 0 Å². The van der Waals surface area contributed by atoms with Gasteiger partial charge in [-0.2, -0.15) is 0 Å². The molecule has 18 nitrogen and oxygen atoms in total. The van der Waals surface area contributed by atoms with Crippen LogP contribution in [0, 0.1) is 40.0 Å². The van der Waals surface area contributed by atoms with E-state index in [1.807, 2.05) is 0 Å². The molecule has 0 amide bonds. The van der Waals surface area contributed by atoms with Crippen LogP contribution in [0.4, 0.5) is 0 Å². The normalized spacial score (nSPS) is 16.3. The van der Waals surface area contributed by atoms with Crippen molar-refractivity contribution in [3.63, 3.8) is 0 Å². The molecule has 0 radical (unpaired) electrons.